The maximum absolute atomic E-state index is 5.81. The van der Waals surface area contributed by atoms with Crippen LogP contribution in [0.3, 0.4) is 0 Å². The van der Waals surface area contributed by atoms with Crippen molar-refractivity contribution in [1.82, 2.24) is 0 Å². The Morgan fingerprint density at radius 2 is 2.21 bits per heavy atom. The van der Waals surface area contributed by atoms with Gasteiger partial charge in [0.05, 0.1) is 5.00 Å². The smallest absolute Gasteiger partial charge is 0.0869 e. The molecule has 0 radical (unpaired) electrons. The zero-order valence-electron chi connectivity index (χ0n) is 8.33. The first-order valence-corrected chi connectivity index (χ1v) is 6.65. The second-order valence-electron chi connectivity index (χ2n) is 3.17. The second kappa shape index (κ2) is 3.83. The lowest BCUT2D eigenvalue weighted by Crippen LogP contribution is -1.84. The number of nitrogen functional groups attached to an aromatic ring is 1. The summed E-state index contributed by atoms with van der Waals surface area (Å²) < 4.78 is 1.30. The molecule has 0 fully saturated rings. The van der Waals surface area contributed by atoms with Crippen LogP contribution in [0.15, 0.2) is 23.1 Å². The lowest BCUT2D eigenvalue weighted by molar-refractivity contribution is 1.10. The van der Waals surface area contributed by atoms with E-state index in [4.69, 9.17) is 5.73 Å². The van der Waals surface area contributed by atoms with Crippen molar-refractivity contribution in [1.29, 1.82) is 0 Å². The predicted octanol–water partition coefficient (Wildman–Crippen LogP) is 3.77. The van der Waals surface area contributed by atoms with Gasteiger partial charge >= 0.3 is 0 Å². The molecule has 74 valence electrons. The molecule has 0 amide bonds. The van der Waals surface area contributed by atoms with Gasteiger partial charge in [-0.1, -0.05) is 13.0 Å². The van der Waals surface area contributed by atoms with Crippen LogP contribution < -0.4 is 5.73 Å². The first kappa shape index (κ1) is 9.87. The van der Waals surface area contributed by atoms with Crippen molar-refractivity contribution in [2.24, 2.45) is 0 Å². The van der Waals surface area contributed by atoms with E-state index in [1.54, 1.807) is 11.3 Å². The van der Waals surface area contributed by atoms with Crippen LogP contribution in [0.2, 0.25) is 0 Å². The molecule has 1 aromatic heterocycles. The zero-order chi connectivity index (χ0) is 10.1. The van der Waals surface area contributed by atoms with Crippen LogP contribution in [-0.2, 0) is 6.42 Å². The normalized spacial score (nSPS) is 11.0. The monoisotopic (exact) mass is 223 g/mol. The molecular formula is C11H13NS2. The molecule has 0 unspecified atom stereocenters. The Bertz CT molecular complexity index is 460. The van der Waals surface area contributed by atoms with Crippen molar-refractivity contribution in [2.75, 3.05) is 12.0 Å². The number of anilines is 1. The number of thioether (sulfide) groups is 1. The summed E-state index contributed by atoms with van der Waals surface area (Å²) in [6, 6.07) is 6.48. The average molecular weight is 223 g/mol. The third-order valence-corrected chi connectivity index (χ3v) is 4.16. The fraction of sp³-hybridized carbons (Fsp3) is 0.273. The van der Waals surface area contributed by atoms with E-state index in [-0.39, 0.29) is 0 Å². The zero-order valence-corrected chi connectivity index (χ0v) is 9.97. The molecule has 0 aliphatic carbocycles. The minimum absolute atomic E-state index is 0.906. The molecule has 2 aromatic rings. The molecule has 1 aromatic carbocycles. The molecule has 3 heteroatoms. The van der Waals surface area contributed by atoms with E-state index in [9.17, 15) is 0 Å². The number of hydrogen-bond donors (Lipinski definition) is 1. The minimum atomic E-state index is 0.906. The van der Waals surface area contributed by atoms with Gasteiger partial charge in [-0.25, -0.2) is 0 Å². The Balaban J connectivity index is 2.75. The lowest BCUT2D eigenvalue weighted by Gasteiger charge is -2.05. The number of fused-ring (bicyclic) bond motifs is 1. The van der Waals surface area contributed by atoms with Gasteiger partial charge in [0.2, 0.25) is 0 Å². The third kappa shape index (κ3) is 1.51. The molecule has 0 saturated heterocycles. The second-order valence-corrected chi connectivity index (χ2v) is 5.10. The number of benzene rings is 1. The first-order valence-electron chi connectivity index (χ1n) is 4.61. The van der Waals surface area contributed by atoms with Crippen molar-refractivity contribution in [3.05, 3.63) is 23.8 Å². The van der Waals surface area contributed by atoms with Gasteiger partial charge in [-0.2, -0.15) is 0 Å². The molecule has 0 aliphatic heterocycles. The SMILES string of the molecule is CCc1ccc2sc(N)cc2c1SC. The highest BCUT2D eigenvalue weighted by atomic mass is 32.2. The number of thiophene rings is 1. The molecule has 2 N–H and O–H groups in total. The summed E-state index contributed by atoms with van der Waals surface area (Å²) in [4.78, 5) is 1.39. The van der Waals surface area contributed by atoms with Crippen molar-refractivity contribution < 1.29 is 0 Å². The van der Waals surface area contributed by atoms with Crippen molar-refractivity contribution in [3.8, 4) is 0 Å². The molecular weight excluding hydrogens is 210 g/mol. The van der Waals surface area contributed by atoms with E-state index < -0.39 is 0 Å². The molecule has 14 heavy (non-hydrogen) atoms. The Morgan fingerprint density at radius 3 is 2.86 bits per heavy atom. The average Bonchev–Trinajstić information content (AvgIpc) is 2.56. The predicted molar refractivity (Wildman–Crippen MR) is 67.4 cm³/mol. The summed E-state index contributed by atoms with van der Waals surface area (Å²) in [5.74, 6) is 0. The van der Waals surface area contributed by atoms with Crippen LogP contribution >= 0.6 is 23.1 Å². The molecule has 0 bridgehead atoms. The van der Waals surface area contributed by atoms with Crippen LogP contribution in [-0.4, -0.2) is 6.26 Å². The number of rotatable bonds is 2. The van der Waals surface area contributed by atoms with Gasteiger partial charge in [0, 0.05) is 15.0 Å². The summed E-state index contributed by atoms with van der Waals surface area (Å²) in [7, 11) is 0. The third-order valence-electron chi connectivity index (χ3n) is 2.34. The summed E-state index contributed by atoms with van der Waals surface area (Å²) in [6.07, 6.45) is 3.21. The van der Waals surface area contributed by atoms with Crippen LogP contribution in [0.1, 0.15) is 12.5 Å². The van der Waals surface area contributed by atoms with Gasteiger partial charge < -0.3 is 5.73 Å². The number of hydrogen-bond acceptors (Lipinski definition) is 3. The van der Waals surface area contributed by atoms with Gasteiger partial charge in [0.25, 0.3) is 0 Å². The summed E-state index contributed by atoms with van der Waals surface area (Å²) in [5, 5.41) is 2.22. The van der Waals surface area contributed by atoms with E-state index in [1.807, 2.05) is 11.8 Å². The Kier molecular flexibility index (Phi) is 2.70. The summed E-state index contributed by atoms with van der Waals surface area (Å²) >= 11 is 3.48. The molecule has 0 saturated carbocycles. The van der Waals surface area contributed by atoms with E-state index in [1.165, 1.54) is 20.5 Å². The largest absolute Gasteiger partial charge is 0.391 e. The number of nitrogens with two attached hydrogens (primary N) is 1. The fourth-order valence-electron chi connectivity index (χ4n) is 1.67. The Labute approximate surface area is 92.3 Å². The van der Waals surface area contributed by atoms with Crippen molar-refractivity contribution >= 4 is 38.2 Å². The van der Waals surface area contributed by atoms with Gasteiger partial charge in [-0.05, 0) is 30.4 Å². The summed E-state index contributed by atoms with van der Waals surface area (Å²) in [6.45, 7) is 2.19. The Morgan fingerprint density at radius 1 is 1.43 bits per heavy atom. The maximum atomic E-state index is 5.81. The van der Waals surface area contributed by atoms with E-state index in [2.05, 4.69) is 31.4 Å². The number of aryl methyl sites for hydroxylation is 1. The maximum Gasteiger partial charge on any atom is 0.0869 e. The summed E-state index contributed by atoms with van der Waals surface area (Å²) in [5.41, 5.74) is 7.23. The molecule has 1 heterocycles. The first-order chi connectivity index (χ1) is 6.76. The molecule has 1 nitrogen and oxygen atoms in total. The quantitative estimate of drug-likeness (QED) is 0.784. The standard InChI is InChI=1S/C11H13NS2/c1-3-7-4-5-9-8(11(7)13-2)6-10(12)14-9/h4-6H,3,12H2,1-2H3. The topological polar surface area (TPSA) is 26.0 Å². The Hall–Kier alpha value is -0.670. The van der Waals surface area contributed by atoms with Crippen LogP contribution in [0.4, 0.5) is 5.00 Å². The molecule has 0 spiro atoms. The van der Waals surface area contributed by atoms with Crippen LogP contribution in [0.25, 0.3) is 10.1 Å². The molecule has 0 aliphatic rings. The van der Waals surface area contributed by atoms with Gasteiger partial charge in [0.15, 0.2) is 0 Å². The molecule has 0 atom stereocenters. The van der Waals surface area contributed by atoms with Gasteiger partial charge in [0.1, 0.15) is 0 Å². The lowest BCUT2D eigenvalue weighted by atomic mass is 10.1. The highest BCUT2D eigenvalue weighted by molar-refractivity contribution is 7.98. The van der Waals surface area contributed by atoms with Gasteiger partial charge in [-0.15, -0.1) is 23.1 Å². The fourth-order valence-corrected chi connectivity index (χ4v) is 3.44. The highest BCUT2D eigenvalue weighted by Gasteiger charge is 2.07. The van der Waals surface area contributed by atoms with E-state index >= 15 is 0 Å². The molecule has 2 rings (SSSR count). The van der Waals surface area contributed by atoms with Crippen LogP contribution in [0, 0.1) is 0 Å². The van der Waals surface area contributed by atoms with Gasteiger partial charge in [-0.3, -0.25) is 0 Å². The van der Waals surface area contributed by atoms with E-state index in [0.717, 1.165) is 11.4 Å². The van der Waals surface area contributed by atoms with Crippen LogP contribution in [0.5, 0.6) is 0 Å². The van der Waals surface area contributed by atoms with Crippen molar-refractivity contribution in [3.63, 3.8) is 0 Å². The van der Waals surface area contributed by atoms with E-state index in [0.29, 0.717) is 0 Å². The minimum Gasteiger partial charge on any atom is -0.391 e. The van der Waals surface area contributed by atoms with Crippen molar-refractivity contribution in [2.45, 2.75) is 18.2 Å². The highest BCUT2D eigenvalue weighted by Crippen LogP contribution is 2.36.